The standard InChI is InChI=1S/C16H26N4O3S/c1-3-6-11-9-20(24(2,22)23)10-14(11)17-16(21)15-12-7-4-5-8-13(12)18-19-15/h11,14H,3-10H2,1-2H3,(H,17,21)(H,18,19). The van der Waals surface area contributed by atoms with E-state index in [1.807, 2.05) is 0 Å². The minimum atomic E-state index is -3.23. The summed E-state index contributed by atoms with van der Waals surface area (Å²) in [6.45, 7) is 2.91. The lowest BCUT2D eigenvalue weighted by molar-refractivity contribution is 0.0923. The highest BCUT2D eigenvalue weighted by atomic mass is 32.2. The summed E-state index contributed by atoms with van der Waals surface area (Å²) in [6.07, 6.45) is 7.12. The number of aromatic amines is 1. The molecule has 1 fully saturated rings. The van der Waals surface area contributed by atoms with Crippen molar-refractivity contribution in [2.24, 2.45) is 5.92 Å². The zero-order chi connectivity index (χ0) is 17.3. The second-order valence-corrected chi connectivity index (χ2v) is 8.93. The van der Waals surface area contributed by atoms with Crippen LogP contribution in [0.5, 0.6) is 0 Å². The molecule has 2 unspecified atom stereocenters. The minimum Gasteiger partial charge on any atom is -0.346 e. The summed E-state index contributed by atoms with van der Waals surface area (Å²) in [4.78, 5) is 12.7. The summed E-state index contributed by atoms with van der Waals surface area (Å²) < 4.78 is 25.1. The van der Waals surface area contributed by atoms with Gasteiger partial charge in [-0.25, -0.2) is 8.42 Å². The highest BCUT2D eigenvalue weighted by Crippen LogP contribution is 2.25. The van der Waals surface area contributed by atoms with Gasteiger partial charge in [0.05, 0.1) is 6.26 Å². The molecule has 2 heterocycles. The molecule has 1 amide bonds. The zero-order valence-electron chi connectivity index (χ0n) is 14.3. The molecule has 0 bridgehead atoms. The Balaban J connectivity index is 1.74. The van der Waals surface area contributed by atoms with Gasteiger partial charge in [-0.05, 0) is 38.0 Å². The van der Waals surface area contributed by atoms with Crippen LogP contribution in [-0.2, 0) is 22.9 Å². The van der Waals surface area contributed by atoms with Gasteiger partial charge in [0.2, 0.25) is 10.0 Å². The molecule has 3 rings (SSSR count). The second kappa shape index (κ2) is 6.84. The van der Waals surface area contributed by atoms with Crippen molar-refractivity contribution in [1.29, 1.82) is 0 Å². The largest absolute Gasteiger partial charge is 0.346 e. The number of nitrogens with one attached hydrogen (secondary N) is 2. The minimum absolute atomic E-state index is 0.150. The summed E-state index contributed by atoms with van der Waals surface area (Å²) in [6, 6.07) is -0.150. The molecule has 7 nitrogen and oxygen atoms in total. The molecule has 8 heteroatoms. The predicted molar refractivity (Wildman–Crippen MR) is 91.3 cm³/mol. The maximum absolute atomic E-state index is 12.7. The maximum atomic E-state index is 12.7. The van der Waals surface area contributed by atoms with E-state index >= 15 is 0 Å². The molecular formula is C16H26N4O3S. The molecule has 1 aromatic rings. The molecule has 0 saturated carbocycles. The third kappa shape index (κ3) is 3.49. The van der Waals surface area contributed by atoms with Crippen LogP contribution in [0, 0.1) is 5.92 Å². The Morgan fingerprint density at radius 2 is 2.08 bits per heavy atom. The van der Waals surface area contributed by atoms with Crippen molar-refractivity contribution >= 4 is 15.9 Å². The first-order valence-electron chi connectivity index (χ1n) is 8.72. The van der Waals surface area contributed by atoms with Crippen molar-refractivity contribution in [3.05, 3.63) is 17.0 Å². The number of hydrogen-bond acceptors (Lipinski definition) is 4. The van der Waals surface area contributed by atoms with E-state index in [9.17, 15) is 13.2 Å². The topological polar surface area (TPSA) is 95.2 Å². The van der Waals surface area contributed by atoms with Gasteiger partial charge in [-0.15, -0.1) is 0 Å². The van der Waals surface area contributed by atoms with Crippen LogP contribution in [-0.4, -0.2) is 54.2 Å². The molecular weight excluding hydrogens is 328 g/mol. The Morgan fingerprint density at radius 3 is 2.79 bits per heavy atom. The number of fused-ring (bicyclic) bond motifs is 1. The first kappa shape index (κ1) is 17.4. The van der Waals surface area contributed by atoms with Crippen LogP contribution in [0.4, 0.5) is 0 Å². The van der Waals surface area contributed by atoms with Crippen LogP contribution in [0.2, 0.25) is 0 Å². The average Bonchev–Trinajstić information content (AvgIpc) is 3.12. The van der Waals surface area contributed by atoms with Crippen LogP contribution in [0.1, 0.15) is 54.4 Å². The number of hydrogen-bond donors (Lipinski definition) is 2. The molecule has 0 spiro atoms. The molecule has 134 valence electrons. The third-order valence-corrected chi connectivity index (χ3v) is 6.36. The van der Waals surface area contributed by atoms with Gasteiger partial charge in [0.25, 0.3) is 5.91 Å². The summed E-state index contributed by atoms with van der Waals surface area (Å²) in [5.74, 6) is -0.0284. The molecule has 0 radical (unpaired) electrons. The SMILES string of the molecule is CCCC1CN(S(C)(=O)=O)CC1NC(=O)c1n[nH]c2c1CCCC2. The van der Waals surface area contributed by atoms with Gasteiger partial charge in [-0.1, -0.05) is 13.3 Å². The Kier molecular flexibility index (Phi) is 4.96. The van der Waals surface area contributed by atoms with Crippen LogP contribution in [0.3, 0.4) is 0 Å². The number of amides is 1. The predicted octanol–water partition coefficient (Wildman–Crippen LogP) is 1.08. The number of carbonyl (C=O) groups is 1. The molecule has 1 aliphatic heterocycles. The van der Waals surface area contributed by atoms with Crippen LogP contribution in [0.15, 0.2) is 0 Å². The van der Waals surface area contributed by atoms with Crippen LogP contribution in [0.25, 0.3) is 0 Å². The molecule has 2 atom stereocenters. The lowest BCUT2D eigenvalue weighted by Crippen LogP contribution is -2.41. The van der Waals surface area contributed by atoms with Crippen LogP contribution >= 0.6 is 0 Å². The van der Waals surface area contributed by atoms with Crippen molar-refractivity contribution < 1.29 is 13.2 Å². The van der Waals surface area contributed by atoms with Crippen molar-refractivity contribution in [2.45, 2.75) is 51.5 Å². The number of nitrogens with zero attached hydrogens (tertiary/aromatic N) is 2. The summed E-state index contributed by atoms with van der Waals surface area (Å²) in [7, 11) is -3.23. The summed E-state index contributed by atoms with van der Waals surface area (Å²) >= 11 is 0. The Bertz CT molecular complexity index is 713. The number of carbonyl (C=O) groups excluding carboxylic acids is 1. The van der Waals surface area contributed by atoms with E-state index < -0.39 is 10.0 Å². The van der Waals surface area contributed by atoms with E-state index in [-0.39, 0.29) is 17.9 Å². The van der Waals surface area contributed by atoms with E-state index in [0.717, 1.165) is 49.8 Å². The van der Waals surface area contributed by atoms with Crippen molar-refractivity contribution in [3.63, 3.8) is 0 Å². The fraction of sp³-hybridized carbons (Fsp3) is 0.750. The fourth-order valence-electron chi connectivity index (χ4n) is 3.83. The number of sulfonamides is 1. The molecule has 1 aliphatic carbocycles. The maximum Gasteiger partial charge on any atom is 0.272 e. The van der Waals surface area contributed by atoms with Gasteiger partial charge in [0.1, 0.15) is 0 Å². The zero-order valence-corrected chi connectivity index (χ0v) is 15.2. The van der Waals surface area contributed by atoms with E-state index in [1.165, 1.54) is 10.6 Å². The molecule has 0 aromatic carbocycles. The summed E-state index contributed by atoms with van der Waals surface area (Å²) in [5.41, 5.74) is 2.59. The van der Waals surface area contributed by atoms with Crippen LogP contribution < -0.4 is 5.32 Å². The van der Waals surface area contributed by atoms with Gasteiger partial charge < -0.3 is 5.32 Å². The van der Waals surface area contributed by atoms with Gasteiger partial charge in [0, 0.05) is 30.4 Å². The van der Waals surface area contributed by atoms with Gasteiger partial charge in [-0.2, -0.15) is 9.40 Å². The summed E-state index contributed by atoms with van der Waals surface area (Å²) in [5, 5.41) is 10.2. The Morgan fingerprint density at radius 1 is 1.33 bits per heavy atom. The molecule has 1 saturated heterocycles. The smallest absolute Gasteiger partial charge is 0.272 e. The normalized spacial score (nSPS) is 24.8. The second-order valence-electron chi connectivity index (χ2n) is 6.95. The van der Waals surface area contributed by atoms with Gasteiger partial charge in [0.15, 0.2) is 5.69 Å². The average molecular weight is 354 g/mol. The number of aromatic nitrogens is 2. The fourth-order valence-corrected chi connectivity index (χ4v) is 4.73. The highest BCUT2D eigenvalue weighted by Gasteiger charge is 2.38. The lowest BCUT2D eigenvalue weighted by atomic mass is 9.95. The Labute approximate surface area is 143 Å². The monoisotopic (exact) mass is 354 g/mol. The van der Waals surface area contributed by atoms with Crippen molar-refractivity contribution in [1.82, 2.24) is 19.8 Å². The molecule has 24 heavy (non-hydrogen) atoms. The lowest BCUT2D eigenvalue weighted by Gasteiger charge is -2.19. The quantitative estimate of drug-likeness (QED) is 0.827. The first-order valence-corrected chi connectivity index (χ1v) is 10.6. The van der Waals surface area contributed by atoms with Crippen molar-refractivity contribution in [2.75, 3.05) is 19.3 Å². The van der Waals surface area contributed by atoms with E-state index in [4.69, 9.17) is 0 Å². The third-order valence-electron chi connectivity index (χ3n) is 5.12. The highest BCUT2D eigenvalue weighted by molar-refractivity contribution is 7.88. The number of rotatable bonds is 5. The van der Waals surface area contributed by atoms with E-state index in [2.05, 4.69) is 22.4 Å². The van der Waals surface area contributed by atoms with Crippen molar-refractivity contribution in [3.8, 4) is 0 Å². The first-order chi connectivity index (χ1) is 11.4. The number of aryl methyl sites for hydroxylation is 1. The van der Waals surface area contributed by atoms with Gasteiger partial charge >= 0.3 is 0 Å². The molecule has 2 aliphatic rings. The van der Waals surface area contributed by atoms with E-state index in [1.54, 1.807) is 0 Å². The molecule has 1 aromatic heterocycles. The van der Waals surface area contributed by atoms with Gasteiger partial charge in [-0.3, -0.25) is 9.89 Å². The Hall–Kier alpha value is -1.41. The molecule has 2 N–H and O–H groups in total. The van der Waals surface area contributed by atoms with E-state index in [0.29, 0.717) is 18.8 Å². The number of H-pyrrole nitrogens is 1.